The lowest BCUT2D eigenvalue weighted by Gasteiger charge is -2.07. The van der Waals surface area contributed by atoms with E-state index in [1.807, 2.05) is 0 Å². The number of phenolic OH excluding ortho intramolecular Hbond substituents is 1. The fourth-order valence-corrected chi connectivity index (χ4v) is 2.51. The van der Waals surface area contributed by atoms with Crippen LogP contribution in [0.2, 0.25) is 0 Å². The Morgan fingerprint density at radius 1 is 1.53 bits per heavy atom. The number of fused-ring (bicyclic) bond motifs is 1. The Morgan fingerprint density at radius 2 is 2.21 bits per heavy atom. The van der Waals surface area contributed by atoms with Crippen molar-refractivity contribution in [3.05, 3.63) is 21.9 Å². The molecule has 1 aromatic heterocycles. The third kappa shape index (κ3) is 2.16. The van der Waals surface area contributed by atoms with E-state index in [1.54, 1.807) is 19.9 Å². The van der Waals surface area contributed by atoms with Crippen LogP contribution in [0.3, 0.4) is 0 Å². The molecule has 2 rings (SSSR count). The van der Waals surface area contributed by atoms with Crippen LogP contribution < -0.4 is 4.74 Å². The molecule has 6 heteroatoms. The molecule has 0 saturated heterocycles. The summed E-state index contributed by atoms with van der Waals surface area (Å²) in [5.74, 6) is -0.0343. The summed E-state index contributed by atoms with van der Waals surface area (Å²) in [7, 11) is 1.43. The average Bonchev–Trinajstić information content (AvgIpc) is 2.66. The summed E-state index contributed by atoms with van der Waals surface area (Å²) in [6.07, 6.45) is 0. The Labute approximate surface area is 118 Å². The lowest BCUT2D eigenvalue weighted by molar-refractivity contribution is 0.0526. The van der Waals surface area contributed by atoms with Gasteiger partial charge in [-0.05, 0) is 35.8 Å². The van der Waals surface area contributed by atoms with E-state index in [9.17, 15) is 9.90 Å². The highest BCUT2D eigenvalue weighted by Crippen LogP contribution is 2.44. The highest BCUT2D eigenvalue weighted by atomic mass is 79.9. The predicted molar refractivity (Wildman–Crippen MR) is 72.8 cm³/mol. The van der Waals surface area contributed by atoms with Crippen LogP contribution in [0.25, 0.3) is 11.0 Å². The standard InChI is InChI=1S/C13H13BrO5/c1-4-18-13(16)9-6(2)19-8-5-7(14)12(17-3)11(15)10(8)9/h5,15H,4H2,1-3H3. The van der Waals surface area contributed by atoms with E-state index < -0.39 is 5.97 Å². The summed E-state index contributed by atoms with van der Waals surface area (Å²) in [5, 5.41) is 10.5. The molecular weight excluding hydrogens is 316 g/mol. The number of carbonyl (C=O) groups excluding carboxylic acids is 1. The molecule has 0 aliphatic rings. The summed E-state index contributed by atoms with van der Waals surface area (Å²) >= 11 is 3.27. The molecular formula is C13H13BrO5. The Hall–Kier alpha value is -1.69. The Bertz CT molecular complexity index is 644. The van der Waals surface area contributed by atoms with E-state index in [-0.39, 0.29) is 23.7 Å². The van der Waals surface area contributed by atoms with Crippen molar-refractivity contribution in [1.29, 1.82) is 0 Å². The summed E-state index contributed by atoms with van der Waals surface area (Å²) in [6.45, 7) is 3.61. The molecule has 1 aromatic carbocycles. The number of rotatable bonds is 3. The van der Waals surface area contributed by atoms with Gasteiger partial charge in [0.2, 0.25) is 0 Å². The van der Waals surface area contributed by atoms with Gasteiger partial charge < -0.3 is 19.0 Å². The first kappa shape index (κ1) is 13.7. The largest absolute Gasteiger partial charge is 0.504 e. The number of halogens is 1. The maximum atomic E-state index is 11.9. The zero-order valence-electron chi connectivity index (χ0n) is 10.7. The van der Waals surface area contributed by atoms with Gasteiger partial charge >= 0.3 is 5.97 Å². The Morgan fingerprint density at radius 3 is 2.79 bits per heavy atom. The number of phenols is 1. The van der Waals surface area contributed by atoms with Crippen LogP contribution in [0.15, 0.2) is 15.0 Å². The van der Waals surface area contributed by atoms with Crippen molar-refractivity contribution in [3.63, 3.8) is 0 Å². The van der Waals surface area contributed by atoms with Crippen molar-refractivity contribution in [1.82, 2.24) is 0 Å². The summed E-state index contributed by atoms with van der Waals surface area (Å²) < 4.78 is 16.1. The monoisotopic (exact) mass is 328 g/mol. The third-order valence-electron chi connectivity index (χ3n) is 2.72. The second kappa shape index (κ2) is 5.13. The number of carbonyl (C=O) groups is 1. The molecule has 1 heterocycles. The molecule has 0 radical (unpaired) electrons. The van der Waals surface area contributed by atoms with Gasteiger partial charge in [-0.15, -0.1) is 0 Å². The topological polar surface area (TPSA) is 68.9 Å². The van der Waals surface area contributed by atoms with E-state index in [2.05, 4.69) is 15.9 Å². The zero-order chi connectivity index (χ0) is 14.2. The molecule has 5 nitrogen and oxygen atoms in total. The van der Waals surface area contributed by atoms with Gasteiger partial charge in [0.15, 0.2) is 11.5 Å². The van der Waals surface area contributed by atoms with Gasteiger partial charge in [0, 0.05) is 0 Å². The minimum atomic E-state index is -0.529. The second-order valence-corrected chi connectivity index (χ2v) is 4.72. The van der Waals surface area contributed by atoms with Gasteiger partial charge in [-0.1, -0.05) is 0 Å². The van der Waals surface area contributed by atoms with Crippen molar-refractivity contribution in [3.8, 4) is 11.5 Å². The first-order chi connectivity index (χ1) is 9.01. The van der Waals surface area contributed by atoms with Crippen LogP contribution in [0.4, 0.5) is 0 Å². The molecule has 0 unspecified atom stereocenters. The second-order valence-electron chi connectivity index (χ2n) is 3.87. The van der Waals surface area contributed by atoms with Gasteiger partial charge in [-0.2, -0.15) is 0 Å². The predicted octanol–water partition coefficient (Wildman–Crippen LogP) is 3.39. The van der Waals surface area contributed by atoms with Crippen molar-refractivity contribution < 1.29 is 23.8 Å². The fraction of sp³-hybridized carbons (Fsp3) is 0.308. The highest BCUT2D eigenvalue weighted by Gasteiger charge is 2.25. The van der Waals surface area contributed by atoms with Crippen molar-refractivity contribution in [2.45, 2.75) is 13.8 Å². The zero-order valence-corrected chi connectivity index (χ0v) is 12.3. The molecule has 2 aromatic rings. The first-order valence-electron chi connectivity index (χ1n) is 5.66. The number of hydrogen-bond acceptors (Lipinski definition) is 5. The summed E-state index contributed by atoms with van der Waals surface area (Å²) in [4.78, 5) is 11.9. The van der Waals surface area contributed by atoms with Crippen LogP contribution >= 0.6 is 15.9 Å². The minimum absolute atomic E-state index is 0.147. The summed E-state index contributed by atoms with van der Waals surface area (Å²) in [5.41, 5.74) is 0.617. The van der Waals surface area contributed by atoms with E-state index in [0.29, 0.717) is 21.2 Å². The number of methoxy groups -OCH3 is 1. The van der Waals surface area contributed by atoms with Crippen LogP contribution in [-0.4, -0.2) is 24.8 Å². The van der Waals surface area contributed by atoms with E-state index in [4.69, 9.17) is 13.9 Å². The normalized spacial score (nSPS) is 10.7. The van der Waals surface area contributed by atoms with E-state index >= 15 is 0 Å². The molecule has 0 spiro atoms. The molecule has 0 amide bonds. The quantitative estimate of drug-likeness (QED) is 0.874. The number of benzene rings is 1. The fourth-order valence-electron chi connectivity index (χ4n) is 1.95. The molecule has 0 aliphatic carbocycles. The van der Waals surface area contributed by atoms with Crippen molar-refractivity contribution >= 4 is 32.9 Å². The average molecular weight is 329 g/mol. The number of furan rings is 1. The molecule has 1 N–H and O–H groups in total. The summed E-state index contributed by atoms with van der Waals surface area (Å²) in [6, 6.07) is 1.64. The van der Waals surface area contributed by atoms with Crippen LogP contribution in [0.5, 0.6) is 11.5 Å². The number of esters is 1. The van der Waals surface area contributed by atoms with E-state index in [1.165, 1.54) is 7.11 Å². The van der Waals surface area contributed by atoms with Gasteiger partial charge in [0.25, 0.3) is 0 Å². The van der Waals surface area contributed by atoms with Crippen LogP contribution in [-0.2, 0) is 4.74 Å². The van der Waals surface area contributed by atoms with Crippen LogP contribution in [0.1, 0.15) is 23.0 Å². The Balaban J connectivity index is 2.78. The van der Waals surface area contributed by atoms with Crippen molar-refractivity contribution in [2.24, 2.45) is 0 Å². The molecule has 0 fully saturated rings. The number of aromatic hydroxyl groups is 1. The maximum Gasteiger partial charge on any atom is 0.342 e. The molecule has 19 heavy (non-hydrogen) atoms. The molecule has 0 bridgehead atoms. The third-order valence-corrected chi connectivity index (χ3v) is 3.31. The molecule has 0 atom stereocenters. The number of aryl methyl sites for hydroxylation is 1. The maximum absolute atomic E-state index is 11.9. The van der Waals surface area contributed by atoms with Gasteiger partial charge in [0.1, 0.15) is 16.9 Å². The van der Waals surface area contributed by atoms with Gasteiger partial charge in [-0.3, -0.25) is 0 Å². The first-order valence-corrected chi connectivity index (χ1v) is 6.46. The lowest BCUT2D eigenvalue weighted by atomic mass is 10.1. The highest BCUT2D eigenvalue weighted by molar-refractivity contribution is 9.10. The van der Waals surface area contributed by atoms with Gasteiger partial charge in [-0.25, -0.2) is 4.79 Å². The number of ether oxygens (including phenoxy) is 2. The van der Waals surface area contributed by atoms with Crippen LogP contribution in [0, 0.1) is 6.92 Å². The SMILES string of the molecule is CCOC(=O)c1c(C)oc2cc(Br)c(OC)c(O)c12. The minimum Gasteiger partial charge on any atom is -0.504 e. The Kier molecular flexibility index (Phi) is 3.71. The van der Waals surface area contributed by atoms with Crippen molar-refractivity contribution in [2.75, 3.05) is 13.7 Å². The molecule has 0 saturated carbocycles. The van der Waals surface area contributed by atoms with Gasteiger partial charge in [0.05, 0.1) is 23.6 Å². The number of hydrogen-bond donors (Lipinski definition) is 1. The van der Waals surface area contributed by atoms with E-state index in [0.717, 1.165) is 0 Å². The molecule has 102 valence electrons. The lowest BCUT2D eigenvalue weighted by Crippen LogP contribution is -2.05. The smallest absolute Gasteiger partial charge is 0.342 e. The molecule has 0 aliphatic heterocycles.